The molecule has 0 unspecified atom stereocenters. The molecular formula is C15H18N2O2. The Morgan fingerprint density at radius 1 is 1.42 bits per heavy atom. The monoisotopic (exact) mass is 258 g/mol. The maximum absolute atomic E-state index is 11.4. The van der Waals surface area contributed by atoms with Crippen molar-refractivity contribution in [1.29, 1.82) is 5.26 Å². The number of anilines is 1. The zero-order valence-corrected chi connectivity index (χ0v) is 11.5. The van der Waals surface area contributed by atoms with Crippen LogP contribution in [0.25, 0.3) is 6.08 Å². The molecule has 4 nitrogen and oxygen atoms in total. The molecule has 0 radical (unpaired) electrons. The van der Waals surface area contributed by atoms with Gasteiger partial charge >= 0.3 is 5.97 Å². The van der Waals surface area contributed by atoms with Crippen molar-refractivity contribution < 1.29 is 9.53 Å². The van der Waals surface area contributed by atoms with Gasteiger partial charge in [-0.3, -0.25) is 0 Å². The van der Waals surface area contributed by atoms with Crippen molar-refractivity contribution in [2.24, 2.45) is 0 Å². The number of ether oxygens (including phenoxy) is 1. The molecule has 0 aromatic heterocycles. The number of rotatable bonds is 5. The van der Waals surface area contributed by atoms with Crippen LogP contribution in [0.1, 0.15) is 19.4 Å². The number of carbonyl (C=O) groups excluding carboxylic acids is 1. The first-order chi connectivity index (χ1) is 9.15. The summed E-state index contributed by atoms with van der Waals surface area (Å²) in [4.78, 5) is 13.6. The predicted octanol–water partition coefficient (Wildman–Crippen LogP) is 2.61. The van der Waals surface area contributed by atoms with Gasteiger partial charge in [-0.25, -0.2) is 4.79 Å². The fourth-order valence-electron chi connectivity index (χ4n) is 1.81. The molecule has 0 saturated carbocycles. The summed E-state index contributed by atoms with van der Waals surface area (Å²) in [6.45, 7) is 5.99. The maximum Gasteiger partial charge on any atom is 0.348 e. The molecule has 0 aliphatic carbocycles. The minimum Gasteiger partial charge on any atom is -0.465 e. The normalized spacial score (nSPS) is 10.7. The van der Waals surface area contributed by atoms with Crippen molar-refractivity contribution in [3.05, 3.63) is 35.4 Å². The molecule has 0 aliphatic rings. The highest BCUT2D eigenvalue weighted by molar-refractivity contribution is 5.97. The highest BCUT2D eigenvalue weighted by Crippen LogP contribution is 2.18. The molecule has 0 aliphatic heterocycles. The van der Waals surface area contributed by atoms with Crippen LogP contribution in [0.4, 0.5) is 5.69 Å². The van der Waals surface area contributed by atoms with E-state index in [0.717, 1.165) is 24.3 Å². The van der Waals surface area contributed by atoms with Crippen molar-refractivity contribution in [1.82, 2.24) is 0 Å². The third-order valence-corrected chi connectivity index (χ3v) is 2.84. The van der Waals surface area contributed by atoms with Crippen LogP contribution in [0.3, 0.4) is 0 Å². The fraction of sp³-hybridized carbons (Fsp3) is 0.333. The van der Waals surface area contributed by atoms with Crippen LogP contribution in [0, 0.1) is 11.3 Å². The van der Waals surface area contributed by atoms with Gasteiger partial charge in [0.25, 0.3) is 0 Å². The number of benzene rings is 1. The summed E-state index contributed by atoms with van der Waals surface area (Å²) < 4.78 is 4.56. The lowest BCUT2D eigenvalue weighted by Gasteiger charge is -2.21. The van der Waals surface area contributed by atoms with Crippen molar-refractivity contribution >= 4 is 17.7 Å². The summed E-state index contributed by atoms with van der Waals surface area (Å²) in [6.07, 6.45) is 1.54. The van der Waals surface area contributed by atoms with Crippen LogP contribution in [0.2, 0.25) is 0 Å². The molecule has 1 aromatic rings. The standard InChI is InChI=1S/C15H18N2O2/c1-4-17(5-2)14-8-6-7-12(10-14)9-13(11-16)15(18)19-3/h6-10H,4-5H2,1-3H3/b13-9+. The average molecular weight is 258 g/mol. The van der Waals surface area contributed by atoms with Crippen LogP contribution in [0.15, 0.2) is 29.8 Å². The van der Waals surface area contributed by atoms with Crippen molar-refractivity contribution in [3.8, 4) is 6.07 Å². The molecule has 0 amide bonds. The SMILES string of the molecule is CCN(CC)c1cccc(/C=C(\C#N)C(=O)OC)c1. The van der Waals surface area contributed by atoms with Gasteiger partial charge in [0.1, 0.15) is 11.6 Å². The number of carbonyl (C=O) groups is 1. The minimum absolute atomic E-state index is 0.000744. The van der Waals surface area contributed by atoms with E-state index in [9.17, 15) is 4.79 Å². The van der Waals surface area contributed by atoms with Gasteiger partial charge in [0.05, 0.1) is 7.11 Å². The maximum atomic E-state index is 11.4. The second-order valence-corrected chi connectivity index (χ2v) is 3.93. The van der Waals surface area contributed by atoms with E-state index in [0.29, 0.717) is 0 Å². The van der Waals surface area contributed by atoms with Crippen molar-refractivity contribution in [3.63, 3.8) is 0 Å². The van der Waals surface area contributed by atoms with Crippen molar-refractivity contribution in [2.75, 3.05) is 25.1 Å². The van der Waals surface area contributed by atoms with E-state index in [1.165, 1.54) is 7.11 Å². The summed E-state index contributed by atoms with van der Waals surface area (Å²) in [5, 5.41) is 8.93. The van der Waals surface area contributed by atoms with Gasteiger partial charge < -0.3 is 9.64 Å². The van der Waals surface area contributed by atoms with E-state index in [1.807, 2.05) is 30.3 Å². The van der Waals surface area contributed by atoms with Gasteiger partial charge in [-0.2, -0.15) is 5.26 Å². The number of methoxy groups -OCH3 is 1. The first-order valence-corrected chi connectivity index (χ1v) is 6.21. The lowest BCUT2D eigenvalue weighted by Crippen LogP contribution is -2.21. The second kappa shape index (κ2) is 7.22. The summed E-state index contributed by atoms with van der Waals surface area (Å²) >= 11 is 0. The Hall–Kier alpha value is -2.28. The highest BCUT2D eigenvalue weighted by atomic mass is 16.5. The summed E-state index contributed by atoms with van der Waals surface area (Å²) in [5.41, 5.74) is 1.88. The molecular weight excluding hydrogens is 240 g/mol. The van der Waals surface area contributed by atoms with E-state index in [2.05, 4.69) is 23.5 Å². The minimum atomic E-state index is -0.615. The fourth-order valence-corrected chi connectivity index (χ4v) is 1.81. The number of hydrogen-bond donors (Lipinski definition) is 0. The Bertz CT molecular complexity index is 511. The lowest BCUT2D eigenvalue weighted by molar-refractivity contribution is -0.135. The van der Waals surface area contributed by atoms with Gasteiger partial charge in [-0.05, 0) is 37.6 Å². The number of esters is 1. The Morgan fingerprint density at radius 3 is 2.63 bits per heavy atom. The molecule has 0 bridgehead atoms. The topological polar surface area (TPSA) is 53.3 Å². The van der Waals surface area contributed by atoms with Gasteiger partial charge in [0.2, 0.25) is 0 Å². The molecule has 0 atom stereocenters. The molecule has 1 rings (SSSR count). The Labute approximate surface area is 113 Å². The first kappa shape index (κ1) is 14.8. The van der Waals surface area contributed by atoms with Crippen LogP contribution in [0.5, 0.6) is 0 Å². The summed E-state index contributed by atoms with van der Waals surface area (Å²) in [7, 11) is 1.26. The number of nitrogens with zero attached hydrogens (tertiary/aromatic N) is 2. The molecule has 19 heavy (non-hydrogen) atoms. The average Bonchev–Trinajstić information content (AvgIpc) is 2.45. The largest absolute Gasteiger partial charge is 0.465 e. The molecule has 0 saturated heterocycles. The van der Waals surface area contributed by atoms with E-state index in [1.54, 1.807) is 6.08 Å². The molecule has 0 spiro atoms. The zero-order valence-electron chi connectivity index (χ0n) is 11.5. The molecule has 0 heterocycles. The van der Waals surface area contributed by atoms with Crippen LogP contribution in [-0.2, 0) is 9.53 Å². The van der Waals surface area contributed by atoms with Gasteiger partial charge in [0, 0.05) is 18.8 Å². The summed E-state index contributed by atoms with van der Waals surface area (Å²) in [5.74, 6) is -0.615. The molecule has 100 valence electrons. The predicted molar refractivity (Wildman–Crippen MR) is 75.6 cm³/mol. The Balaban J connectivity index is 3.09. The quantitative estimate of drug-likeness (QED) is 0.463. The highest BCUT2D eigenvalue weighted by Gasteiger charge is 2.09. The smallest absolute Gasteiger partial charge is 0.348 e. The van der Waals surface area contributed by atoms with Crippen LogP contribution in [-0.4, -0.2) is 26.2 Å². The third kappa shape index (κ3) is 3.85. The van der Waals surface area contributed by atoms with Gasteiger partial charge in [-0.15, -0.1) is 0 Å². The van der Waals surface area contributed by atoms with Crippen LogP contribution < -0.4 is 4.90 Å². The van der Waals surface area contributed by atoms with Crippen LogP contribution >= 0.6 is 0 Å². The number of nitriles is 1. The van der Waals surface area contributed by atoms with E-state index >= 15 is 0 Å². The van der Waals surface area contributed by atoms with E-state index in [-0.39, 0.29) is 5.57 Å². The number of hydrogen-bond acceptors (Lipinski definition) is 4. The lowest BCUT2D eigenvalue weighted by atomic mass is 10.1. The molecule has 1 aromatic carbocycles. The zero-order chi connectivity index (χ0) is 14.3. The molecule has 0 fully saturated rings. The third-order valence-electron chi connectivity index (χ3n) is 2.84. The summed E-state index contributed by atoms with van der Waals surface area (Å²) in [6, 6.07) is 9.57. The second-order valence-electron chi connectivity index (χ2n) is 3.93. The van der Waals surface area contributed by atoms with E-state index in [4.69, 9.17) is 5.26 Å². The van der Waals surface area contributed by atoms with Gasteiger partial charge in [0.15, 0.2) is 0 Å². The Morgan fingerprint density at radius 2 is 2.11 bits per heavy atom. The Kier molecular flexibility index (Phi) is 5.62. The van der Waals surface area contributed by atoms with Crippen molar-refractivity contribution in [2.45, 2.75) is 13.8 Å². The molecule has 4 heteroatoms. The van der Waals surface area contributed by atoms with E-state index < -0.39 is 5.97 Å². The van der Waals surface area contributed by atoms with Gasteiger partial charge in [-0.1, -0.05) is 12.1 Å². The first-order valence-electron chi connectivity index (χ1n) is 6.21. The molecule has 0 N–H and O–H groups in total.